The third-order valence-electron chi connectivity index (χ3n) is 3.17. The molecule has 0 aromatic heterocycles. The zero-order chi connectivity index (χ0) is 16.3. The maximum Gasteiger partial charge on any atom is 0.424 e. The molecule has 0 bridgehead atoms. The number of benzene rings is 1. The molecule has 1 N–H and O–H groups in total. The van der Waals surface area contributed by atoms with Crippen molar-refractivity contribution in [3.8, 4) is 5.75 Å². The molecular weight excluding hydrogens is 309 g/mol. The van der Waals surface area contributed by atoms with Crippen LogP contribution in [-0.2, 0) is 11.2 Å². The van der Waals surface area contributed by atoms with E-state index in [0.717, 1.165) is 0 Å². The van der Waals surface area contributed by atoms with E-state index < -0.39 is 30.4 Å². The summed E-state index contributed by atoms with van der Waals surface area (Å²) in [6.07, 6.45) is -5.99. The number of carbonyl (C=O) groups excluding carboxylic acids is 1. The Hall–Kier alpha value is -1.27. The Morgan fingerprint density at radius 3 is 2.52 bits per heavy atom. The third kappa shape index (κ3) is 4.11. The Kier molecular flexibility index (Phi) is 5.64. The van der Waals surface area contributed by atoms with Gasteiger partial charge in [-0.3, -0.25) is 4.79 Å². The normalized spacial score (nSPS) is 16.1. The number of halogens is 4. The fraction of sp³-hybridized carbons (Fsp3) is 0.500. The van der Waals surface area contributed by atoms with E-state index in [-0.39, 0.29) is 6.42 Å². The van der Waals surface area contributed by atoms with Crippen molar-refractivity contribution in [3.63, 3.8) is 0 Å². The number of aldehydes is 1. The van der Waals surface area contributed by atoms with E-state index in [1.54, 1.807) is 18.2 Å². The van der Waals surface area contributed by atoms with E-state index in [0.29, 0.717) is 16.3 Å². The summed E-state index contributed by atoms with van der Waals surface area (Å²) in [5.74, 6) is -0.221. The predicted molar refractivity (Wildman–Crippen MR) is 72.6 cm³/mol. The summed E-state index contributed by atoms with van der Waals surface area (Å²) in [5, 5.41) is 9.79. The second-order valence-corrected chi connectivity index (χ2v) is 5.39. The second kappa shape index (κ2) is 6.66. The summed E-state index contributed by atoms with van der Waals surface area (Å²) in [6.45, 7) is 1.51. The molecule has 2 unspecified atom stereocenters. The van der Waals surface area contributed by atoms with Gasteiger partial charge in [-0.15, -0.1) is 0 Å². The minimum absolute atomic E-state index is 0.190. The predicted octanol–water partition coefficient (Wildman–Crippen LogP) is 3.41. The van der Waals surface area contributed by atoms with E-state index in [1.165, 1.54) is 14.0 Å². The summed E-state index contributed by atoms with van der Waals surface area (Å²) < 4.78 is 43.2. The highest BCUT2D eigenvalue weighted by molar-refractivity contribution is 6.32. The standard InChI is InChI=1S/C14H16ClF3O3/c1-9(7-13(20,8-19)14(16,17)18)6-10-4-3-5-11(15)12(10)21-2/h3-5,8-9,20H,6-7H2,1-2H3. The van der Waals surface area contributed by atoms with Crippen molar-refractivity contribution in [1.82, 2.24) is 0 Å². The average molecular weight is 325 g/mol. The molecule has 1 aromatic rings. The fourth-order valence-electron chi connectivity index (χ4n) is 2.15. The van der Waals surface area contributed by atoms with Crippen LogP contribution in [0.15, 0.2) is 18.2 Å². The number of para-hydroxylation sites is 1. The van der Waals surface area contributed by atoms with Gasteiger partial charge in [0.1, 0.15) is 5.75 Å². The summed E-state index contributed by atoms with van der Waals surface area (Å²) in [6, 6.07) is 4.93. The van der Waals surface area contributed by atoms with Crippen molar-refractivity contribution in [2.75, 3.05) is 7.11 Å². The van der Waals surface area contributed by atoms with Gasteiger partial charge in [0.15, 0.2) is 6.29 Å². The highest BCUT2D eigenvalue weighted by Crippen LogP contribution is 2.36. The van der Waals surface area contributed by atoms with Crippen molar-refractivity contribution in [1.29, 1.82) is 0 Å². The first-order valence-electron chi connectivity index (χ1n) is 6.21. The Morgan fingerprint density at radius 1 is 1.43 bits per heavy atom. The molecule has 0 aliphatic carbocycles. The number of hydrogen-bond acceptors (Lipinski definition) is 3. The molecule has 0 heterocycles. The van der Waals surface area contributed by atoms with Crippen LogP contribution in [0.4, 0.5) is 13.2 Å². The van der Waals surface area contributed by atoms with Crippen molar-refractivity contribution >= 4 is 17.9 Å². The summed E-state index contributed by atoms with van der Waals surface area (Å²) in [4.78, 5) is 10.6. The quantitative estimate of drug-likeness (QED) is 0.816. The lowest BCUT2D eigenvalue weighted by molar-refractivity contribution is -0.249. The van der Waals surface area contributed by atoms with Crippen molar-refractivity contribution in [2.24, 2.45) is 5.92 Å². The van der Waals surface area contributed by atoms with Crippen LogP contribution in [0, 0.1) is 5.92 Å². The number of aliphatic hydroxyl groups is 1. The monoisotopic (exact) mass is 324 g/mol. The molecule has 1 rings (SSSR count). The molecular formula is C14H16ClF3O3. The van der Waals surface area contributed by atoms with E-state index in [1.807, 2.05) is 0 Å². The van der Waals surface area contributed by atoms with Crippen LogP contribution in [-0.4, -0.2) is 30.3 Å². The van der Waals surface area contributed by atoms with Crippen LogP contribution >= 0.6 is 11.6 Å². The van der Waals surface area contributed by atoms with E-state index in [4.69, 9.17) is 16.3 Å². The number of hydrogen-bond donors (Lipinski definition) is 1. The number of carbonyl (C=O) groups is 1. The summed E-state index contributed by atoms with van der Waals surface area (Å²) in [5.41, 5.74) is -2.72. The van der Waals surface area contributed by atoms with Crippen molar-refractivity contribution < 1.29 is 27.8 Å². The minimum Gasteiger partial charge on any atom is -0.495 e. The topological polar surface area (TPSA) is 46.5 Å². The van der Waals surface area contributed by atoms with Crippen LogP contribution in [0.5, 0.6) is 5.75 Å². The second-order valence-electron chi connectivity index (χ2n) is 4.99. The molecule has 0 amide bonds. The smallest absolute Gasteiger partial charge is 0.424 e. The zero-order valence-electron chi connectivity index (χ0n) is 11.6. The van der Waals surface area contributed by atoms with Gasteiger partial charge in [0, 0.05) is 0 Å². The molecule has 2 atom stereocenters. The number of methoxy groups -OCH3 is 1. The lowest BCUT2D eigenvalue weighted by atomic mass is 9.88. The maximum absolute atomic E-state index is 12.7. The molecule has 0 radical (unpaired) electrons. The van der Waals surface area contributed by atoms with Gasteiger partial charge in [0.25, 0.3) is 0 Å². The molecule has 1 aromatic carbocycles. The van der Waals surface area contributed by atoms with Gasteiger partial charge >= 0.3 is 6.18 Å². The van der Waals surface area contributed by atoms with Gasteiger partial charge in [-0.05, 0) is 30.4 Å². The minimum atomic E-state index is -5.00. The number of rotatable bonds is 6. The largest absolute Gasteiger partial charge is 0.495 e. The Bertz CT molecular complexity index is 505. The molecule has 118 valence electrons. The lowest BCUT2D eigenvalue weighted by Crippen LogP contribution is -2.48. The van der Waals surface area contributed by atoms with Gasteiger partial charge in [0.05, 0.1) is 12.1 Å². The van der Waals surface area contributed by atoms with Gasteiger partial charge in [-0.2, -0.15) is 13.2 Å². The zero-order valence-corrected chi connectivity index (χ0v) is 12.3. The highest BCUT2D eigenvalue weighted by Gasteiger charge is 2.54. The molecule has 0 spiro atoms. The van der Waals surface area contributed by atoms with Crippen LogP contribution in [0.1, 0.15) is 18.9 Å². The SMILES string of the molecule is COc1c(Cl)cccc1CC(C)CC(O)(C=O)C(F)(F)F. The fourth-order valence-corrected chi connectivity index (χ4v) is 2.42. The van der Waals surface area contributed by atoms with Gasteiger partial charge in [0.2, 0.25) is 5.60 Å². The first kappa shape index (κ1) is 17.8. The van der Waals surface area contributed by atoms with E-state index in [2.05, 4.69) is 0 Å². The van der Waals surface area contributed by atoms with Gasteiger partial charge in [-0.1, -0.05) is 30.7 Å². The molecule has 3 nitrogen and oxygen atoms in total. The molecule has 21 heavy (non-hydrogen) atoms. The first-order valence-corrected chi connectivity index (χ1v) is 6.59. The maximum atomic E-state index is 12.7. The molecule has 0 fully saturated rings. The van der Waals surface area contributed by atoms with Crippen LogP contribution in [0.25, 0.3) is 0 Å². The number of ether oxygens (including phenoxy) is 1. The lowest BCUT2D eigenvalue weighted by Gasteiger charge is -2.27. The first-order chi connectivity index (χ1) is 9.64. The molecule has 0 saturated heterocycles. The molecule has 0 saturated carbocycles. The van der Waals surface area contributed by atoms with Crippen LogP contribution in [0.2, 0.25) is 5.02 Å². The Balaban J connectivity index is 2.90. The van der Waals surface area contributed by atoms with E-state index in [9.17, 15) is 23.1 Å². The average Bonchev–Trinajstić information content (AvgIpc) is 2.37. The van der Waals surface area contributed by atoms with Gasteiger partial charge < -0.3 is 9.84 Å². The van der Waals surface area contributed by atoms with Crippen molar-refractivity contribution in [3.05, 3.63) is 28.8 Å². The summed E-state index contributed by atoms with van der Waals surface area (Å²) >= 11 is 5.94. The van der Waals surface area contributed by atoms with Crippen molar-refractivity contribution in [2.45, 2.75) is 31.5 Å². The molecule has 0 aliphatic heterocycles. The van der Waals surface area contributed by atoms with Crippen LogP contribution in [0.3, 0.4) is 0 Å². The molecule has 0 aliphatic rings. The Labute approximate surface area is 125 Å². The third-order valence-corrected chi connectivity index (χ3v) is 3.46. The number of alkyl halides is 3. The summed E-state index contributed by atoms with van der Waals surface area (Å²) in [7, 11) is 1.41. The van der Waals surface area contributed by atoms with Gasteiger partial charge in [-0.25, -0.2) is 0 Å². The molecule has 7 heteroatoms. The Morgan fingerprint density at radius 2 is 2.05 bits per heavy atom. The highest BCUT2D eigenvalue weighted by atomic mass is 35.5. The van der Waals surface area contributed by atoms with E-state index >= 15 is 0 Å². The van der Waals surface area contributed by atoms with Crippen LogP contribution < -0.4 is 4.74 Å².